The van der Waals surface area contributed by atoms with Gasteiger partial charge >= 0.3 is 0 Å². The molecule has 0 aromatic heterocycles. The molecule has 3 aromatic carbocycles. The van der Waals surface area contributed by atoms with Gasteiger partial charge in [-0.2, -0.15) is 0 Å². The van der Waals surface area contributed by atoms with Gasteiger partial charge in [-0.15, -0.1) is 0 Å². The number of ether oxygens (including phenoxy) is 1. The van der Waals surface area contributed by atoms with E-state index in [9.17, 15) is 13.2 Å². The lowest BCUT2D eigenvalue weighted by Gasteiger charge is -2.32. The van der Waals surface area contributed by atoms with Crippen LogP contribution < -0.4 is 19.3 Å². The van der Waals surface area contributed by atoms with E-state index in [0.717, 1.165) is 28.5 Å². The van der Waals surface area contributed by atoms with Crippen LogP contribution in [0, 0.1) is 12.8 Å². The molecule has 202 valence electrons. The van der Waals surface area contributed by atoms with Crippen LogP contribution in [0.2, 0.25) is 0 Å². The SMILES string of the molecule is CCOc1ccccc1N(CC(=O)NCc1ccc(N2CCCC(C)C2)cc1)S(=O)(=O)c1ccc(C)cc1. The summed E-state index contributed by atoms with van der Waals surface area (Å²) in [6, 6.07) is 21.7. The van der Waals surface area contributed by atoms with E-state index in [1.165, 1.54) is 18.5 Å². The molecule has 1 N–H and O–H groups in total. The standard InChI is InChI=1S/C30H37N3O4S/c1-4-37-29-10-6-5-9-28(29)33(38(35,36)27-17-11-23(2)12-18-27)22-30(34)31-20-25-13-15-26(16-14-25)32-19-7-8-24(3)21-32/h5-6,9-18,24H,4,7-8,19-22H2,1-3H3,(H,31,34). The molecule has 38 heavy (non-hydrogen) atoms. The Morgan fingerprint density at radius 2 is 1.76 bits per heavy atom. The van der Waals surface area contributed by atoms with Crippen molar-refractivity contribution in [2.45, 2.75) is 45.1 Å². The maximum atomic E-state index is 13.7. The monoisotopic (exact) mass is 535 g/mol. The summed E-state index contributed by atoms with van der Waals surface area (Å²) in [6.45, 7) is 8.44. The second kappa shape index (κ2) is 12.3. The lowest BCUT2D eigenvalue weighted by Crippen LogP contribution is -2.41. The Labute approximate surface area is 226 Å². The van der Waals surface area contributed by atoms with Crippen LogP contribution in [0.3, 0.4) is 0 Å². The van der Waals surface area contributed by atoms with Crippen LogP contribution >= 0.6 is 0 Å². The minimum atomic E-state index is -4.03. The molecular formula is C30H37N3O4S. The largest absolute Gasteiger partial charge is 0.492 e. The molecule has 1 saturated heterocycles. The molecule has 1 aliphatic rings. The first-order valence-electron chi connectivity index (χ1n) is 13.2. The van der Waals surface area contributed by atoms with Crippen molar-refractivity contribution in [2.24, 2.45) is 5.92 Å². The average Bonchev–Trinajstić information content (AvgIpc) is 2.92. The summed E-state index contributed by atoms with van der Waals surface area (Å²) >= 11 is 0. The van der Waals surface area contributed by atoms with Crippen LogP contribution in [0.1, 0.15) is 37.8 Å². The minimum Gasteiger partial charge on any atom is -0.492 e. The highest BCUT2D eigenvalue weighted by molar-refractivity contribution is 7.92. The molecule has 1 aliphatic heterocycles. The third-order valence-electron chi connectivity index (χ3n) is 6.78. The predicted octanol–water partition coefficient (Wildman–Crippen LogP) is 5.14. The average molecular weight is 536 g/mol. The van der Waals surface area contributed by atoms with Gasteiger partial charge in [0.15, 0.2) is 0 Å². The number of amides is 1. The number of aryl methyl sites for hydroxylation is 1. The number of carbonyl (C=O) groups excluding carboxylic acids is 1. The number of rotatable bonds is 10. The van der Waals surface area contributed by atoms with E-state index in [2.05, 4.69) is 29.3 Å². The first-order valence-corrected chi connectivity index (χ1v) is 14.6. The van der Waals surface area contributed by atoms with Gasteiger partial charge in [-0.1, -0.05) is 48.9 Å². The quantitative estimate of drug-likeness (QED) is 0.389. The Morgan fingerprint density at radius 1 is 1.05 bits per heavy atom. The Balaban J connectivity index is 1.50. The molecule has 0 radical (unpaired) electrons. The van der Waals surface area contributed by atoms with Gasteiger partial charge in [0.1, 0.15) is 12.3 Å². The smallest absolute Gasteiger partial charge is 0.264 e. The maximum absolute atomic E-state index is 13.7. The fourth-order valence-electron chi connectivity index (χ4n) is 4.71. The number of piperidine rings is 1. The van der Waals surface area contributed by atoms with E-state index in [1.807, 2.05) is 26.0 Å². The summed E-state index contributed by atoms with van der Waals surface area (Å²) in [5.74, 6) is 0.691. The van der Waals surface area contributed by atoms with Crippen molar-refractivity contribution >= 4 is 27.3 Å². The summed E-state index contributed by atoms with van der Waals surface area (Å²) < 4.78 is 34.2. The lowest BCUT2D eigenvalue weighted by molar-refractivity contribution is -0.119. The molecule has 0 spiro atoms. The zero-order valence-corrected chi connectivity index (χ0v) is 23.2. The summed E-state index contributed by atoms with van der Waals surface area (Å²) in [5, 5.41) is 2.89. The number of carbonyl (C=O) groups is 1. The fourth-order valence-corrected chi connectivity index (χ4v) is 6.14. The van der Waals surface area contributed by atoms with Gasteiger partial charge in [-0.25, -0.2) is 8.42 Å². The molecule has 8 heteroatoms. The second-order valence-electron chi connectivity index (χ2n) is 9.86. The molecule has 3 aromatic rings. The topological polar surface area (TPSA) is 79.0 Å². The fraction of sp³-hybridized carbons (Fsp3) is 0.367. The Morgan fingerprint density at radius 3 is 2.45 bits per heavy atom. The number of nitrogens with one attached hydrogen (secondary N) is 1. The maximum Gasteiger partial charge on any atom is 0.264 e. The molecule has 0 aliphatic carbocycles. The third kappa shape index (κ3) is 6.67. The van der Waals surface area contributed by atoms with E-state index >= 15 is 0 Å². The highest BCUT2D eigenvalue weighted by atomic mass is 32.2. The van der Waals surface area contributed by atoms with Crippen molar-refractivity contribution in [3.63, 3.8) is 0 Å². The van der Waals surface area contributed by atoms with Crippen molar-refractivity contribution < 1.29 is 17.9 Å². The number of benzene rings is 3. The van der Waals surface area contributed by atoms with Crippen molar-refractivity contribution in [3.05, 3.63) is 83.9 Å². The molecule has 1 atom stereocenters. The zero-order valence-electron chi connectivity index (χ0n) is 22.4. The molecule has 0 bridgehead atoms. The first kappa shape index (κ1) is 27.5. The van der Waals surface area contributed by atoms with E-state index in [-0.39, 0.29) is 11.4 Å². The minimum absolute atomic E-state index is 0.116. The molecule has 1 heterocycles. The van der Waals surface area contributed by atoms with Gasteiger partial charge in [0.05, 0.1) is 17.2 Å². The van der Waals surface area contributed by atoms with Gasteiger partial charge in [0, 0.05) is 25.3 Å². The van der Waals surface area contributed by atoms with E-state index in [0.29, 0.717) is 30.5 Å². The van der Waals surface area contributed by atoms with Gasteiger partial charge in [0.25, 0.3) is 10.0 Å². The number of sulfonamides is 1. The highest BCUT2D eigenvalue weighted by Gasteiger charge is 2.29. The number of hydrogen-bond donors (Lipinski definition) is 1. The lowest BCUT2D eigenvalue weighted by atomic mass is 9.99. The van der Waals surface area contributed by atoms with E-state index in [1.54, 1.807) is 48.5 Å². The Hall–Kier alpha value is -3.52. The number of anilines is 2. The van der Waals surface area contributed by atoms with Crippen molar-refractivity contribution in [2.75, 3.05) is 35.4 Å². The van der Waals surface area contributed by atoms with Crippen LogP contribution in [0.25, 0.3) is 0 Å². The summed E-state index contributed by atoms with van der Waals surface area (Å²) in [6.07, 6.45) is 2.47. The third-order valence-corrected chi connectivity index (χ3v) is 8.55. The van der Waals surface area contributed by atoms with Gasteiger partial charge in [0.2, 0.25) is 5.91 Å². The number of para-hydroxylation sites is 2. The van der Waals surface area contributed by atoms with Crippen LogP contribution in [0.15, 0.2) is 77.7 Å². The van der Waals surface area contributed by atoms with Crippen LogP contribution in [0.4, 0.5) is 11.4 Å². The molecule has 4 rings (SSSR count). The van der Waals surface area contributed by atoms with Crippen molar-refractivity contribution in [3.8, 4) is 5.75 Å². The normalized spacial score (nSPS) is 15.7. The van der Waals surface area contributed by atoms with Crippen molar-refractivity contribution in [1.29, 1.82) is 0 Å². The molecule has 0 saturated carbocycles. The number of nitrogens with zero attached hydrogens (tertiary/aromatic N) is 2. The van der Waals surface area contributed by atoms with Crippen LogP contribution in [-0.4, -0.2) is 40.6 Å². The zero-order chi connectivity index (χ0) is 27.1. The summed E-state index contributed by atoms with van der Waals surface area (Å²) in [7, 11) is -4.03. The summed E-state index contributed by atoms with van der Waals surface area (Å²) in [4.78, 5) is 15.6. The van der Waals surface area contributed by atoms with Gasteiger partial charge in [-0.3, -0.25) is 9.10 Å². The second-order valence-corrected chi connectivity index (χ2v) is 11.7. The molecule has 1 fully saturated rings. The highest BCUT2D eigenvalue weighted by Crippen LogP contribution is 2.32. The van der Waals surface area contributed by atoms with E-state index < -0.39 is 15.9 Å². The van der Waals surface area contributed by atoms with Crippen LogP contribution in [0.5, 0.6) is 5.75 Å². The predicted molar refractivity (Wildman–Crippen MR) is 152 cm³/mol. The Bertz CT molecular complexity index is 1320. The summed E-state index contributed by atoms with van der Waals surface area (Å²) in [5.41, 5.74) is 3.42. The Kier molecular flexibility index (Phi) is 8.94. The molecule has 7 nitrogen and oxygen atoms in total. The molecule has 1 amide bonds. The first-order chi connectivity index (χ1) is 18.3. The van der Waals surface area contributed by atoms with Gasteiger partial charge in [-0.05, 0) is 74.6 Å². The van der Waals surface area contributed by atoms with E-state index in [4.69, 9.17) is 4.74 Å². The van der Waals surface area contributed by atoms with Crippen LogP contribution in [-0.2, 0) is 21.4 Å². The number of hydrogen-bond acceptors (Lipinski definition) is 5. The molecule has 1 unspecified atom stereocenters. The molecular weight excluding hydrogens is 498 g/mol. The van der Waals surface area contributed by atoms with Crippen molar-refractivity contribution in [1.82, 2.24) is 5.32 Å². The van der Waals surface area contributed by atoms with Gasteiger partial charge < -0.3 is 15.0 Å².